The van der Waals surface area contributed by atoms with Crippen molar-refractivity contribution in [2.45, 2.75) is 12.8 Å². The van der Waals surface area contributed by atoms with E-state index in [1.54, 1.807) is 0 Å². The average molecular weight is 310 g/mol. The summed E-state index contributed by atoms with van der Waals surface area (Å²) >= 11 is 0. The smallest absolute Gasteiger partial charge is 1.00 e. The second-order valence-corrected chi connectivity index (χ2v) is 2.01. The Hall–Kier alpha value is 0.383. The Morgan fingerprint density at radius 1 is 0.786 bits per heavy atom. The van der Waals surface area contributed by atoms with E-state index in [0.29, 0.717) is 0 Å². The first-order valence-electron chi connectivity index (χ1n) is 3.43. The van der Waals surface area contributed by atoms with Gasteiger partial charge in [0.25, 0.3) is 0 Å². The van der Waals surface area contributed by atoms with Gasteiger partial charge in [-0.3, -0.25) is 12.2 Å². The van der Waals surface area contributed by atoms with Crippen molar-refractivity contribution in [1.82, 2.24) is 0 Å². The van der Waals surface area contributed by atoms with Crippen LogP contribution < -0.4 is 24.8 Å². The number of allylic oxidation sites excluding steroid dienone is 8. The van der Waals surface area contributed by atoms with Crippen molar-refractivity contribution in [2.75, 3.05) is 0 Å². The van der Waals surface area contributed by atoms with Gasteiger partial charge in [0.05, 0.1) is 0 Å². The molecule has 0 amide bonds. The summed E-state index contributed by atoms with van der Waals surface area (Å²) in [5.41, 5.74) is 0. The summed E-state index contributed by atoms with van der Waals surface area (Å²) in [6.07, 6.45) is 20.0. The van der Waals surface area contributed by atoms with Gasteiger partial charge in [0, 0.05) is 0 Å². The number of rotatable bonds is 0. The van der Waals surface area contributed by atoms with Crippen molar-refractivity contribution >= 4 is 0 Å². The third kappa shape index (κ3) is 14.9. The molecule has 0 saturated heterocycles. The SMILES string of the molecule is O.[C-]1=CC=CC1.[C-]1=CC=CC1.[Cl-].[Cl-].[Zr+4]. The maximum Gasteiger partial charge on any atom is 4.00 e. The minimum atomic E-state index is 0. The largest absolute Gasteiger partial charge is 4.00 e. The molecule has 0 unspecified atom stereocenters. The van der Waals surface area contributed by atoms with E-state index in [0.717, 1.165) is 12.8 Å². The van der Waals surface area contributed by atoms with Gasteiger partial charge in [0.15, 0.2) is 0 Å². The Morgan fingerprint density at radius 3 is 1.21 bits per heavy atom. The fourth-order valence-electron chi connectivity index (χ4n) is 0.680. The zero-order valence-electron chi connectivity index (χ0n) is 7.63. The Bertz CT molecular complexity index is 156. The third-order valence-corrected chi connectivity index (χ3v) is 1.17. The van der Waals surface area contributed by atoms with E-state index >= 15 is 0 Å². The van der Waals surface area contributed by atoms with E-state index in [1.807, 2.05) is 24.3 Å². The molecule has 0 aromatic rings. The number of hydrogen-bond acceptors (Lipinski definition) is 0. The third-order valence-electron chi connectivity index (χ3n) is 1.17. The predicted octanol–water partition coefficient (Wildman–Crippen LogP) is -4.21. The van der Waals surface area contributed by atoms with Crippen molar-refractivity contribution < 1.29 is 56.5 Å². The van der Waals surface area contributed by atoms with Crippen LogP contribution in [0.1, 0.15) is 12.8 Å². The summed E-state index contributed by atoms with van der Waals surface area (Å²) in [6, 6.07) is 0. The topological polar surface area (TPSA) is 31.5 Å². The molecule has 4 heteroatoms. The molecule has 0 radical (unpaired) electrons. The monoisotopic (exact) mass is 308 g/mol. The van der Waals surface area contributed by atoms with Crippen molar-refractivity contribution in [2.24, 2.45) is 0 Å². The van der Waals surface area contributed by atoms with Gasteiger partial charge in [0.2, 0.25) is 0 Å². The molecule has 0 spiro atoms. The van der Waals surface area contributed by atoms with Crippen molar-refractivity contribution in [3.63, 3.8) is 0 Å². The van der Waals surface area contributed by atoms with Gasteiger partial charge in [-0.25, -0.2) is 24.3 Å². The number of halogens is 2. The maximum atomic E-state index is 2.99. The summed E-state index contributed by atoms with van der Waals surface area (Å²) < 4.78 is 0. The molecular weight excluding hydrogens is 298 g/mol. The van der Waals surface area contributed by atoms with E-state index in [9.17, 15) is 0 Å². The van der Waals surface area contributed by atoms with Gasteiger partial charge < -0.3 is 30.3 Å². The summed E-state index contributed by atoms with van der Waals surface area (Å²) in [5.74, 6) is 0. The molecule has 14 heavy (non-hydrogen) atoms. The van der Waals surface area contributed by atoms with Crippen LogP contribution in [0.5, 0.6) is 0 Å². The van der Waals surface area contributed by atoms with Crippen molar-refractivity contribution in [1.29, 1.82) is 0 Å². The molecule has 2 aliphatic carbocycles. The van der Waals surface area contributed by atoms with E-state index < -0.39 is 0 Å². The first-order valence-corrected chi connectivity index (χ1v) is 3.43. The molecular formula is C10H12Cl2OZr. The van der Waals surface area contributed by atoms with Crippen LogP contribution in [0.15, 0.2) is 36.5 Å². The second-order valence-electron chi connectivity index (χ2n) is 2.01. The van der Waals surface area contributed by atoms with Gasteiger partial charge in [-0.05, 0) is 0 Å². The molecule has 0 fully saturated rings. The Kier molecular flexibility index (Phi) is 32.5. The van der Waals surface area contributed by atoms with Crippen LogP contribution in [0.4, 0.5) is 0 Å². The van der Waals surface area contributed by atoms with Crippen LogP contribution >= 0.6 is 0 Å². The molecule has 2 rings (SSSR count). The predicted molar refractivity (Wildman–Crippen MR) is 46.8 cm³/mol. The molecule has 0 aromatic carbocycles. The van der Waals surface area contributed by atoms with Gasteiger partial charge in [0.1, 0.15) is 0 Å². The molecule has 2 aliphatic rings. The minimum absolute atomic E-state index is 0. The molecule has 76 valence electrons. The van der Waals surface area contributed by atoms with Crippen LogP contribution in [0, 0.1) is 12.2 Å². The van der Waals surface area contributed by atoms with Gasteiger partial charge in [-0.2, -0.15) is 12.2 Å². The van der Waals surface area contributed by atoms with E-state index in [4.69, 9.17) is 0 Å². The second kappa shape index (κ2) is 19.0. The summed E-state index contributed by atoms with van der Waals surface area (Å²) in [5, 5.41) is 0. The summed E-state index contributed by atoms with van der Waals surface area (Å²) in [7, 11) is 0. The van der Waals surface area contributed by atoms with E-state index in [-0.39, 0.29) is 56.5 Å². The van der Waals surface area contributed by atoms with Crippen LogP contribution in [-0.4, -0.2) is 5.48 Å². The normalized spacial score (nSPS) is 12.6. The fraction of sp³-hybridized carbons (Fsp3) is 0.200. The minimum Gasteiger partial charge on any atom is -1.00 e. The molecule has 0 bridgehead atoms. The maximum absolute atomic E-state index is 2.99. The molecule has 0 heterocycles. The van der Waals surface area contributed by atoms with Gasteiger partial charge in [-0.15, -0.1) is 12.8 Å². The first-order chi connectivity index (χ1) is 5.00. The number of hydrogen-bond donors (Lipinski definition) is 0. The Labute approximate surface area is 117 Å². The van der Waals surface area contributed by atoms with E-state index in [1.165, 1.54) is 0 Å². The standard InChI is InChI=1S/2C5H5.2ClH.H2O.Zr/c2*1-2-4-5-3-1;;;;/h2*1-3H,4H2;2*1H;1H2;/q2*-1;;;;+4/p-2. The summed E-state index contributed by atoms with van der Waals surface area (Å²) in [4.78, 5) is 0. The zero-order valence-corrected chi connectivity index (χ0v) is 11.6. The molecule has 0 aliphatic heterocycles. The van der Waals surface area contributed by atoms with Crippen LogP contribution in [0.3, 0.4) is 0 Å². The Morgan fingerprint density at radius 2 is 1.14 bits per heavy atom. The van der Waals surface area contributed by atoms with Crippen LogP contribution in [0.2, 0.25) is 0 Å². The van der Waals surface area contributed by atoms with Gasteiger partial charge >= 0.3 is 26.2 Å². The van der Waals surface area contributed by atoms with Crippen molar-refractivity contribution in [3.8, 4) is 0 Å². The molecule has 0 saturated carbocycles. The molecule has 0 aromatic heterocycles. The molecule has 1 nitrogen and oxygen atoms in total. The van der Waals surface area contributed by atoms with Crippen molar-refractivity contribution in [3.05, 3.63) is 48.6 Å². The first kappa shape index (κ1) is 23.9. The van der Waals surface area contributed by atoms with E-state index in [2.05, 4.69) is 24.3 Å². The fourth-order valence-corrected chi connectivity index (χ4v) is 0.680. The average Bonchev–Trinajstić information content (AvgIpc) is 2.67. The quantitative estimate of drug-likeness (QED) is 0.407. The summed E-state index contributed by atoms with van der Waals surface area (Å²) in [6.45, 7) is 0. The zero-order chi connectivity index (χ0) is 7.07. The van der Waals surface area contributed by atoms with Crippen LogP contribution in [-0.2, 0) is 26.2 Å². The molecule has 0 atom stereocenters. The van der Waals surface area contributed by atoms with Crippen LogP contribution in [0.25, 0.3) is 0 Å². The molecule has 2 N–H and O–H groups in total. The Balaban J connectivity index is -0.0000000556. The van der Waals surface area contributed by atoms with Gasteiger partial charge in [-0.1, -0.05) is 0 Å².